The van der Waals surface area contributed by atoms with Gasteiger partial charge in [-0.15, -0.1) is 0 Å². The number of aromatic nitrogens is 2. The zero-order chi connectivity index (χ0) is 23.8. The molecule has 1 rings (SSSR count). The van der Waals surface area contributed by atoms with Crippen molar-refractivity contribution >= 4 is 30.4 Å². The Kier molecular flexibility index (Phi) is 8.91. The molecule has 0 radical (unpaired) electrons. The van der Waals surface area contributed by atoms with E-state index in [2.05, 4.69) is 124 Å². The second kappa shape index (κ2) is 9.65. The van der Waals surface area contributed by atoms with Crippen LogP contribution < -0.4 is 4.23 Å². The van der Waals surface area contributed by atoms with Crippen molar-refractivity contribution < 1.29 is 0 Å². The van der Waals surface area contributed by atoms with Crippen molar-refractivity contribution in [2.75, 3.05) is 4.23 Å². The second-order valence-electron chi connectivity index (χ2n) is 12.4. The third kappa shape index (κ3) is 4.42. The Morgan fingerprint density at radius 2 is 0.933 bits per heavy atom. The van der Waals surface area contributed by atoms with Gasteiger partial charge in [0, 0.05) is 6.20 Å². The number of nitrogens with zero attached hydrogens (tertiary/aromatic N) is 3. The predicted molar refractivity (Wildman–Crippen MR) is 146 cm³/mol. The fourth-order valence-corrected chi connectivity index (χ4v) is 27.6. The normalized spacial score (nSPS) is 14.3. The van der Waals surface area contributed by atoms with Crippen molar-refractivity contribution in [2.45, 2.75) is 136 Å². The highest BCUT2D eigenvalue weighted by Crippen LogP contribution is 2.55. The van der Waals surface area contributed by atoms with Crippen molar-refractivity contribution in [3.8, 4) is 0 Å². The molecule has 0 aliphatic rings. The minimum Gasteiger partial charge on any atom is -0.420 e. The first-order chi connectivity index (χ1) is 13.5. The SMILES string of the molecule is CC(C)[Si](C(C)C)(C(C)C)N(c1cnn([Si](C)(C)C)c1)[Si](C(C)C)(C(C)C)C(C)C. The molecule has 0 bridgehead atoms. The molecule has 0 spiro atoms. The van der Waals surface area contributed by atoms with Crippen molar-refractivity contribution in [2.24, 2.45) is 0 Å². The number of hydrogen-bond donors (Lipinski definition) is 0. The molecule has 1 aromatic rings. The van der Waals surface area contributed by atoms with Crippen molar-refractivity contribution in [3.05, 3.63) is 12.4 Å². The summed E-state index contributed by atoms with van der Waals surface area (Å²) in [5.41, 5.74) is 5.58. The molecule has 30 heavy (non-hydrogen) atoms. The molecule has 6 heteroatoms. The monoisotopic (exact) mass is 467 g/mol. The molecule has 0 fully saturated rings. The number of anilines is 1. The molecule has 3 nitrogen and oxygen atoms in total. The summed E-state index contributed by atoms with van der Waals surface area (Å²) in [6, 6.07) is 0. The van der Waals surface area contributed by atoms with E-state index < -0.39 is 24.7 Å². The van der Waals surface area contributed by atoms with Crippen molar-refractivity contribution in [3.63, 3.8) is 0 Å². The zero-order valence-electron chi connectivity index (χ0n) is 23.0. The number of hydrogen-bond acceptors (Lipinski definition) is 2. The highest BCUT2D eigenvalue weighted by molar-refractivity contribution is 7.05. The molecule has 0 amide bonds. The van der Waals surface area contributed by atoms with Crippen LogP contribution in [0.25, 0.3) is 0 Å². The van der Waals surface area contributed by atoms with Crippen LogP contribution in [0.15, 0.2) is 12.4 Å². The van der Waals surface area contributed by atoms with E-state index in [1.54, 1.807) is 0 Å². The van der Waals surface area contributed by atoms with Gasteiger partial charge in [-0.05, 0) is 52.9 Å². The van der Waals surface area contributed by atoms with Gasteiger partial charge in [-0.25, -0.2) is 0 Å². The topological polar surface area (TPSA) is 21.1 Å². The van der Waals surface area contributed by atoms with E-state index in [4.69, 9.17) is 5.10 Å². The van der Waals surface area contributed by atoms with Crippen LogP contribution in [0, 0.1) is 0 Å². The Labute approximate surface area is 192 Å². The molecule has 0 unspecified atom stereocenters. The minimum absolute atomic E-state index is 0.691. The minimum atomic E-state index is -1.91. The third-order valence-electron chi connectivity index (χ3n) is 7.84. The average molecular weight is 468 g/mol. The molecular weight excluding hydrogens is 415 g/mol. The lowest BCUT2D eigenvalue weighted by atomic mass is 10.5. The lowest BCUT2D eigenvalue weighted by Gasteiger charge is -2.63. The van der Waals surface area contributed by atoms with Gasteiger partial charge >= 0.3 is 0 Å². The van der Waals surface area contributed by atoms with Gasteiger partial charge in [0.2, 0.25) is 0 Å². The van der Waals surface area contributed by atoms with Crippen molar-refractivity contribution in [1.29, 1.82) is 0 Å². The summed E-state index contributed by atoms with van der Waals surface area (Å²) in [4.78, 5) is 0. The first-order valence-corrected chi connectivity index (χ1v) is 20.2. The lowest BCUT2D eigenvalue weighted by molar-refractivity contribution is 0.761. The Bertz CT molecular complexity index is 594. The van der Waals surface area contributed by atoms with Gasteiger partial charge in [-0.3, -0.25) is 4.35 Å². The van der Waals surface area contributed by atoms with Crippen LogP contribution in [-0.2, 0) is 0 Å². The largest absolute Gasteiger partial charge is 0.420 e. The Morgan fingerprint density at radius 1 is 0.633 bits per heavy atom. The molecule has 0 N–H and O–H groups in total. The van der Waals surface area contributed by atoms with Crippen LogP contribution in [0.3, 0.4) is 0 Å². The van der Waals surface area contributed by atoms with Gasteiger partial charge in [-0.1, -0.05) is 83.1 Å². The van der Waals surface area contributed by atoms with E-state index in [1.807, 2.05) is 0 Å². The summed E-state index contributed by atoms with van der Waals surface area (Å²) in [5, 5.41) is 4.97. The van der Waals surface area contributed by atoms with Gasteiger partial charge in [-0.2, -0.15) is 5.10 Å². The first-order valence-electron chi connectivity index (χ1n) is 12.3. The molecule has 0 saturated carbocycles. The summed E-state index contributed by atoms with van der Waals surface area (Å²) in [7, 11) is -5.35. The van der Waals surface area contributed by atoms with E-state index in [1.165, 1.54) is 5.69 Å². The summed E-state index contributed by atoms with van der Waals surface area (Å²) in [6.07, 6.45) is 4.68. The van der Waals surface area contributed by atoms with E-state index >= 15 is 0 Å². The molecule has 176 valence electrons. The third-order valence-corrected chi connectivity index (χ3v) is 24.9. The van der Waals surface area contributed by atoms with Crippen LogP contribution in [0.4, 0.5) is 5.69 Å². The van der Waals surface area contributed by atoms with Gasteiger partial charge < -0.3 is 4.23 Å². The maximum atomic E-state index is 4.97. The molecule has 1 heterocycles. The molecule has 0 atom stereocenters. The summed E-state index contributed by atoms with van der Waals surface area (Å²) < 4.78 is 5.50. The van der Waals surface area contributed by atoms with Crippen LogP contribution >= 0.6 is 0 Å². The summed E-state index contributed by atoms with van der Waals surface area (Å²) in [6.45, 7) is 37.4. The van der Waals surface area contributed by atoms with Crippen LogP contribution in [0.5, 0.6) is 0 Å². The maximum absolute atomic E-state index is 4.97. The van der Waals surface area contributed by atoms with E-state index in [0.29, 0.717) is 33.2 Å². The Hall–Kier alpha value is -0.339. The van der Waals surface area contributed by atoms with Crippen molar-refractivity contribution in [1.82, 2.24) is 9.45 Å². The highest BCUT2D eigenvalue weighted by Gasteiger charge is 2.59. The summed E-state index contributed by atoms with van der Waals surface area (Å²) >= 11 is 0. The number of rotatable bonds is 10. The van der Waals surface area contributed by atoms with Gasteiger partial charge in [0.25, 0.3) is 0 Å². The molecule has 0 saturated heterocycles. The summed E-state index contributed by atoms with van der Waals surface area (Å²) in [5.74, 6) is 0. The zero-order valence-corrected chi connectivity index (χ0v) is 26.0. The van der Waals surface area contributed by atoms with E-state index in [0.717, 1.165) is 0 Å². The molecule has 0 aliphatic carbocycles. The smallest absolute Gasteiger partial charge is 0.176 e. The van der Waals surface area contributed by atoms with Gasteiger partial charge in [0.15, 0.2) is 24.7 Å². The van der Waals surface area contributed by atoms with E-state index in [9.17, 15) is 0 Å². The highest BCUT2D eigenvalue weighted by atomic mass is 28.4. The second-order valence-corrected chi connectivity index (χ2v) is 29.0. The van der Waals surface area contributed by atoms with Crippen LogP contribution in [0.2, 0.25) is 52.9 Å². The van der Waals surface area contributed by atoms with E-state index in [-0.39, 0.29) is 0 Å². The average Bonchev–Trinajstić information content (AvgIpc) is 3.01. The molecule has 0 aliphatic heterocycles. The fourth-order valence-electron chi connectivity index (χ4n) is 7.13. The predicted octanol–water partition coefficient (Wildman–Crippen LogP) is 8.72. The first kappa shape index (κ1) is 27.7. The Morgan fingerprint density at radius 3 is 1.13 bits per heavy atom. The fraction of sp³-hybridized carbons (Fsp3) is 0.875. The van der Waals surface area contributed by atoms with Gasteiger partial charge in [0.05, 0.1) is 11.9 Å². The molecular formula is C24H53N3Si3. The van der Waals surface area contributed by atoms with Crippen LogP contribution in [0.1, 0.15) is 83.1 Å². The Balaban J connectivity index is 4.13. The quantitative estimate of drug-likeness (QED) is 0.321. The lowest BCUT2D eigenvalue weighted by Crippen LogP contribution is -2.74. The molecule has 1 aromatic heterocycles. The standard InChI is InChI=1S/C24H53N3Si3/c1-18(2)29(19(3)4,20(5)6)27(24-16-25-26(17-24)28(13,14)15)30(21(7)8,22(9)10)23(11)12/h16-23H,1-15H3. The maximum Gasteiger partial charge on any atom is 0.176 e. The molecule has 0 aromatic carbocycles. The van der Waals surface area contributed by atoms with Crippen LogP contribution in [-0.4, -0.2) is 34.2 Å². The van der Waals surface area contributed by atoms with Gasteiger partial charge in [0.1, 0.15) is 0 Å².